The molecule has 0 radical (unpaired) electrons. The Hall–Kier alpha value is -4.70. The van der Waals surface area contributed by atoms with E-state index in [1.165, 1.54) is 12.1 Å². The maximum absolute atomic E-state index is 13.6. The van der Waals surface area contributed by atoms with Crippen molar-refractivity contribution in [2.45, 2.75) is 88.4 Å². The number of aliphatic hydroxyl groups is 1. The minimum absolute atomic E-state index is 0.0569. The van der Waals surface area contributed by atoms with Gasteiger partial charge in [0.2, 0.25) is 18.3 Å². The van der Waals surface area contributed by atoms with E-state index < -0.39 is 83.7 Å². The van der Waals surface area contributed by atoms with E-state index in [0.717, 1.165) is 19.4 Å². The molecular weight excluding hydrogens is 614 g/mol. The summed E-state index contributed by atoms with van der Waals surface area (Å²) >= 11 is 0. The zero-order chi connectivity index (χ0) is 34.3. The molecule has 7 atom stereocenters. The lowest BCUT2D eigenvalue weighted by Gasteiger charge is -2.56. The lowest BCUT2D eigenvalue weighted by molar-refractivity contribution is -0.194. The van der Waals surface area contributed by atoms with Crippen LogP contribution >= 0.6 is 0 Å². The van der Waals surface area contributed by atoms with Crippen molar-refractivity contribution in [2.75, 3.05) is 13.6 Å². The first-order chi connectivity index (χ1) is 21.5. The van der Waals surface area contributed by atoms with Gasteiger partial charge < -0.3 is 49.0 Å². The predicted molar refractivity (Wildman–Crippen MR) is 150 cm³/mol. The number of phenolic OH excluding ortho intramolecular Hbond substituents is 1. The van der Waals surface area contributed by atoms with E-state index in [1.807, 2.05) is 18.9 Å². The van der Waals surface area contributed by atoms with Crippen molar-refractivity contribution in [1.29, 1.82) is 0 Å². The molecule has 0 amide bonds. The van der Waals surface area contributed by atoms with Crippen molar-refractivity contribution in [2.24, 2.45) is 0 Å². The molecule has 1 aliphatic heterocycles. The molecule has 1 heterocycles. The molecule has 0 fully saturated rings. The van der Waals surface area contributed by atoms with E-state index in [1.54, 1.807) is 13.0 Å². The van der Waals surface area contributed by atoms with Gasteiger partial charge in [-0.05, 0) is 44.6 Å². The molecule has 16 heteroatoms. The van der Waals surface area contributed by atoms with Gasteiger partial charge >= 0.3 is 35.8 Å². The van der Waals surface area contributed by atoms with Crippen LogP contribution in [0.4, 0.5) is 0 Å². The minimum Gasteiger partial charge on any atom is -0.504 e. The van der Waals surface area contributed by atoms with Gasteiger partial charge in [-0.15, -0.1) is 0 Å². The van der Waals surface area contributed by atoms with Crippen LogP contribution in [-0.4, -0.2) is 111 Å². The van der Waals surface area contributed by atoms with Crippen LogP contribution in [0.5, 0.6) is 11.5 Å². The van der Waals surface area contributed by atoms with Gasteiger partial charge in [-0.2, -0.15) is 0 Å². The van der Waals surface area contributed by atoms with Crippen LogP contribution in [0.15, 0.2) is 24.0 Å². The van der Waals surface area contributed by atoms with E-state index in [4.69, 9.17) is 28.8 Å². The number of carbonyl (C=O) groups excluding carboxylic acids is 4. The maximum atomic E-state index is 13.6. The molecule has 0 aromatic heterocycles. The third-order valence-electron chi connectivity index (χ3n) is 8.71. The highest BCUT2D eigenvalue weighted by Crippen LogP contribution is 2.62. The van der Waals surface area contributed by atoms with Gasteiger partial charge in [-0.25, -0.2) is 14.4 Å². The second-order valence-electron chi connectivity index (χ2n) is 11.5. The van der Waals surface area contributed by atoms with Gasteiger partial charge in [-0.3, -0.25) is 14.4 Å². The molecule has 0 spiro atoms. The third-order valence-corrected chi connectivity index (χ3v) is 8.71. The van der Waals surface area contributed by atoms with Crippen LogP contribution in [0.1, 0.15) is 51.7 Å². The first-order valence-corrected chi connectivity index (χ1v) is 14.3. The van der Waals surface area contributed by atoms with Crippen molar-refractivity contribution < 1.29 is 72.9 Å². The lowest BCUT2D eigenvalue weighted by Crippen LogP contribution is -2.69. The number of benzene rings is 1. The second-order valence-corrected chi connectivity index (χ2v) is 11.5. The number of carboxylic acids is 2. The summed E-state index contributed by atoms with van der Waals surface area (Å²) in [5, 5.41) is 41.3. The maximum Gasteiger partial charge on any atom is 0.357 e. The highest BCUT2D eigenvalue weighted by molar-refractivity contribution is 5.91. The summed E-state index contributed by atoms with van der Waals surface area (Å²) in [7, 11) is 1.85. The number of hydrogen-bond acceptors (Lipinski definition) is 14. The average molecular weight is 650 g/mol. The van der Waals surface area contributed by atoms with E-state index in [-0.39, 0.29) is 23.7 Å². The number of nitrogens with zero attached hydrogens (tertiary/aromatic N) is 1. The number of likely N-dealkylation sites (N-methyl/N-ethyl adjacent to an activating group) is 1. The van der Waals surface area contributed by atoms with Crippen molar-refractivity contribution >= 4 is 35.8 Å². The van der Waals surface area contributed by atoms with Crippen LogP contribution in [-0.2, 0) is 59.6 Å². The summed E-state index contributed by atoms with van der Waals surface area (Å²) in [5.74, 6) is -9.28. The van der Waals surface area contributed by atoms with Crippen molar-refractivity contribution in [3.05, 3.63) is 35.1 Å². The zero-order valence-corrected chi connectivity index (χ0v) is 25.7. The molecule has 4 N–H and O–H groups in total. The van der Waals surface area contributed by atoms with Crippen LogP contribution in [0.3, 0.4) is 0 Å². The fourth-order valence-corrected chi connectivity index (χ4v) is 6.44. The fourth-order valence-electron chi connectivity index (χ4n) is 6.44. The minimum atomic E-state index is -2.41. The number of carbonyl (C=O) groups is 6. The molecule has 1 aromatic carbocycles. The van der Waals surface area contributed by atoms with Crippen LogP contribution in [0.25, 0.3) is 0 Å². The zero-order valence-electron chi connectivity index (χ0n) is 25.7. The van der Waals surface area contributed by atoms with Gasteiger partial charge in [0.1, 0.15) is 5.76 Å². The molecule has 1 aromatic rings. The molecule has 0 bridgehead atoms. The smallest absolute Gasteiger partial charge is 0.357 e. The Morgan fingerprint density at radius 1 is 1.02 bits per heavy atom. The van der Waals surface area contributed by atoms with Gasteiger partial charge in [0.15, 0.2) is 17.6 Å². The van der Waals surface area contributed by atoms with Crippen molar-refractivity contribution in [1.82, 2.24) is 4.90 Å². The summed E-state index contributed by atoms with van der Waals surface area (Å²) in [6, 6.07) is 2.76. The topological polar surface area (TPSA) is 233 Å². The highest BCUT2D eigenvalue weighted by Gasteiger charge is 2.68. The number of esters is 4. The van der Waals surface area contributed by atoms with Gasteiger partial charge in [-0.1, -0.05) is 13.0 Å². The quantitative estimate of drug-likeness (QED) is 0.175. The van der Waals surface area contributed by atoms with E-state index in [2.05, 4.69) is 0 Å². The average Bonchev–Trinajstić information content (AvgIpc) is 3.30. The highest BCUT2D eigenvalue weighted by atomic mass is 16.6. The Balaban J connectivity index is 1.72. The lowest BCUT2D eigenvalue weighted by atomic mass is 9.54. The van der Waals surface area contributed by atoms with Gasteiger partial charge in [0.05, 0.1) is 17.4 Å². The Morgan fingerprint density at radius 2 is 1.63 bits per heavy atom. The number of aliphatic carboxylic acids is 2. The molecule has 16 nitrogen and oxygen atoms in total. The molecule has 46 heavy (non-hydrogen) atoms. The molecule has 0 unspecified atom stereocenters. The van der Waals surface area contributed by atoms with Crippen LogP contribution in [0.2, 0.25) is 0 Å². The monoisotopic (exact) mass is 649 g/mol. The van der Waals surface area contributed by atoms with E-state index >= 15 is 0 Å². The molecule has 4 rings (SSSR count). The van der Waals surface area contributed by atoms with Crippen LogP contribution < -0.4 is 4.74 Å². The summed E-state index contributed by atoms with van der Waals surface area (Å²) in [4.78, 5) is 75.1. The summed E-state index contributed by atoms with van der Waals surface area (Å²) in [5.41, 5.74) is -1.45. The Bertz CT molecular complexity index is 1500. The number of ether oxygens (including phenoxy) is 5. The van der Waals surface area contributed by atoms with Gasteiger partial charge in [0, 0.05) is 31.9 Å². The standard InChI is InChI=1S/C30H35NO15/c1-6-31(5)19-11-15-7-8-16(34)22-21(15)29(4)25(46-22)17(9-10-30(19,29)41)44-27(39)23(42-13(2)32)24(43-14(3)33)28(40)45-18(26(37)38)12-20(35)36/h7-9,18-19,23-25,34,41H,6,10-12H2,1-5H3,(H,35,36)(H,37,38)/t18-,19-,23-,24-,25+,29+,30-/m1/s1. The largest absolute Gasteiger partial charge is 0.504 e. The van der Waals surface area contributed by atoms with Gasteiger partial charge in [0.25, 0.3) is 0 Å². The van der Waals surface area contributed by atoms with Crippen molar-refractivity contribution in [3.63, 3.8) is 0 Å². The number of rotatable bonds is 12. The van der Waals surface area contributed by atoms with Crippen LogP contribution in [0, 0.1) is 0 Å². The first-order valence-electron chi connectivity index (χ1n) is 14.3. The molecule has 3 aliphatic rings. The first kappa shape index (κ1) is 34.2. The number of phenols is 1. The normalized spacial score (nSPS) is 25.9. The molecule has 0 saturated carbocycles. The Kier molecular flexibility index (Phi) is 9.36. The third kappa shape index (κ3) is 5.85. The molecule has 250 valence electrons. The molecule has 2 aliphatic carbocycles. The number of aromatic hydroxyl groups is 1. The Labute approximate surface area is 262 Å². The number of hydrogen-bond donors (Lipinski definition) is 4. The molecular formula is C30H35NO15. The summed E-state index contributed by atoms with van der Waals surface area (Å²) < 4.78 is 26.4. The number of carboxylic acid groups (broad SMARTS) is 2. The van der Waals surface area contributed by atoms with Crippen molar-refractivity contribution in [3.8, 4) is 11.5 Å². The van der Waals surface area contributed by atoms with E-state index in [9.17, 15) is 44.1 Å². The Morgan fingerprint density at radius 3 is 2.17 bits per heavy atom. The summed E-state index contributed by atoms with van der Waals surface area (Å²) in [6.45, 7) is 5.94. The predicted octanol–water partition coefficient (Wildman–Crippen LogP) is 0.184. The second kappa shape index (κ2) is 12.6. The summed E-state index contributed by atoms with van der Waals surface area (Å²) in [6.07, 6.45) is -7.62. The van der Waals surface area contributed by atoms with E-state index in [0.29, 0.717) is 18.5 Å². The molecule has 0 saturated heterocycles. The fraction of sp³-hybridized carbons (Fsp3) is 0.533. The SMILES string of the molecule is CCN(C)[C@@H]1Cc2ccc(O)c3c2[C@@]2(C)[C@@H](O3)C(OC(=O)[C@H](OC(C)=O)[C@@H](OC(C)=O)C(=O)O[C@H](CC(=O)O)C(=O)O)=CC[C@@]12O.